The number of hydrogen-bond donors (Lipinski definition) is 2. The second kappa shape index (κ2) is 4.85. The van der Waals surface area contributed by atoms with Crippen LogP contribution in [0.1, 0.15) is 18.4 Å². The van der Waals surface area contributed by atoms with Gasteiger partial charge in [0.15, 0.2) is 5.69 Å². The highest BCUT2D eigenvalue weighted by Crippen LogP contribution is 2.29. The Morgan fingerprint density at radius 2 is 2.29 bits per heavy atom. The van der Waals surface area contributed by atoms with E-state index in [1.165, 1.54) is 7.11 Å². The number of aromatic nitrogens is 6. The Morgan fingerprint density at radius 3 is 2.90 bits per heavy atom. The Balaban J connectivity index is 2.19. The maximum absolute atomic E-state index is 11.1. The Bertz CT molecular complexity index is 795. The van der Waals surface area contributed by atoms with Crippen LogP contribution in [0.2, 0.25) is 0 Å². The maximum Gasteiger partial charge on any atom is 0.310 e. The monoisotopic (exact) mass is 288 g/mol. The van der Waals surface area contributed by atoms with Crippen molar-refractivity contribution in [2.75, 3.05) is 7.11 Å². The van der Waals surface area contributed by atoms with Crippen molar-refractivity contribution in [1.29, 1.82) is 0 Å². The molecule has 9 heteroatoms. The van der Waals surface area contributed by atoms with Gasteiger partial charge in [0.25, 0.3) is 0 Å². The van der Waals surface area contributed by atoms with Crippen molar-refractivity contribution in [2.45, 2.75) is 12.8 Å². The number of ether oxygens (including phenoxy) is 1. The third-order valence-electron chi connectivity index (χ3n) is 3.22. The molecule has 0 aromatic carbocycles. The van der Waals surface area contributed by atoms with Crippen LogP contribution in [-0.4, -0.2) is 48.2 Å². The van der Waals surface area contributed by atoms with E-state index < -0.39 is 11.9 Å². The molecule has 3 rings (SSSR count). The summed E-state index contributed by atoms with van der Waals surface area (Å²) in [5.41, 5.74) is 1.68. The number of aliphatic carboxylic acids is 1. The number of rotatable bonds is 4. The van der Waals surface area contributed by atoms with E-state index >= 15 is 0 Å². The topological polar surface area (TPSA) is 118 Å². The Hall–Kier alpha value is -2.97. The largest absolute Gasteiger partial charge is 0.481 e. The van der Waals surface area contributed by atoms with E-state index in [2.05, 4.69) is 25.6 Å². The fourth-order valence-corrected chi connectivity index (χ4v) is 2.04. The first-order chi connectivity index (χ1) is 10.1. The van der Waals surface area contributed by atoms with Crippen molar-refractivity contribution in [1.82, 2.24) is 30.0 Å². The Kier molecular flexibility index (Phi) is 3.01. The predicted molar refractivity (Wildman–Crippen MR) is 71.0 cm³/mol. The summed E-state index contributed by atoms with van der Waals surface area (Å²) in [4.78, 5) is 15.5. The molecule has 0 aliphatic rings. The molecule has 1 atom stereocenters. The third kappa shape index (κ3) is 2.08. The number of nitrogens with one attached hydrogen (secondary N) is 1. The van der Waals surface area contributed by atoms with E-state index in [-0.39, 0.29) is 0 Å². The number of tetrazole rings is 1. The van der Waals surface area contributed by atoms with E-state index in [4.69, 9.17) is 9.84 Å². The van der Waals surface area contributed by atoms with Crippen LogP contribution in [0.3, 0.4) is 0 Å². The summed E-state index contributed by atoms with van der Waals surface area (Å²) in [6.07, 6.45) is 1.68. The molecule has 0 bridgehead atoms. The van der Waals surface area contributed by atoms with Crippen molar-refractivity contribution < 1.29 is 14.6 Å². The standard InChI is InChI=1S/C12H12N6O3/c1-6(12(19)20)7-3-4-8-13-9(10-14-16-17-15-10)11(21-2)18(8)5-7/h3-6H,1-2H3,(H,19,20)(H,14,15,16,17). The minimum absolute atomic E-state index is 0.309. The second-order valence-electron chi connectivity index (χ2n) is 4.46. The Morgan fingerprint density at radius 1 is 1.48 bits per heavy atom. The molecule has 0 aliphatic heterocycles. The summed E-state index contributed by atoms with van der Waals surface area (Å²) in [7, 11) is 1.50. The van der Waals surface area contributed by atoms with Gasteiger partial charge in [0, 0.05) is 6.20 Å². The quantitative estimate of drug-likeness (QED) is 0.725. The molecule has 0 spiro atoms. The highest BCUT2D eigenvalue weighted by Gasteiger charge is 2.20. The molecule has 9 nitrogen and oxygen atoms in total. The van der Waals surface area contributed by atoms with Gasteiger partial charge in [-0.1, -0.05) is 6.07 Å². The molecule has 0 fully saturated rings. The molecule has 0 aliphatic carbocycles. The fraction of sp³-hybridized carbons (Fsp3) is 0.250. The van der Waals surface area contributed by atoms with Crippen LogP contribution in [0, 0.1) is 0 Å². The summed E-state index contributed by atoms with van der Waals surface area (Å²) in [5, 5.41) is 22.7. The number of aromatic amines is 1. The van der Waals surface area contributed by atoms with Crippen LogP contribution in [-0.2, 0) is 4.79 Å². The molecule has 3 heterocycles. The van der Waals surface area contributed by atoms with Gasteiger partial charge < -0.3 is 9.84 Å². The van der Waals surface area contributed by atoms with Crippen molar-refractivity contribution in [3.8, 4) is 17.4 Å². The highest BCUT2D eigenvalue weighted by molar-refractivity contribution is 5.75. The number of carboxylic acid groups (broad SMARTS) is 1. The van der Waals surface area contributed by atoms with Gasteiger partial charge >= 0.3 is 5.97 Å². The molecule has 2 N–H and O–H groups in total. The zero-order valence-electron chi connectivity index (χ0n) is 11.3. The number of carbonyl (C=O) groups is 1. The van der Waals surface area contributed by atoms with Gasteiger partial charge in [-0.05, 0) is 23.8 Å². The van der Waals surface area contributed by atoms with Crippen molar-refractivity contribution in [2.24, 2.45) is 0 Å². The molecule has 21 heavy (non-hydrogen) atoms. The van der Waals surface area contributed by atoms with Crippen LogP contribution in [0.25, 0.3) is 17.2 Å². The van der Waals surface area contributed by atoms with Crippen LogP contribution in [0.5, 0.6) is 5.88 Å². The van der Waals surface area contributed by atoms with Crippen LogP contribution in [0.15, 0.2) is 18.3 Å². The van der Waals surface area contributed by atoms with E-state index in [1.54, 1.807) is 29.7 Å². The molecule has 0 amide bonds. The van der Waals surface area contributed by atoms with Gasteiger partial charge in [-0.15, -0.1) is 10.2 Å². The second-order valence-corrected chi connectivity index (χ2v) is 4.46. The van der Waals surface area contributed by atoms with E-state index in [0.29, 0.717) is 28.6 Å². The molecule has 0 saturated carbocycles. The van der Waals surface area contributed by atoms with Gasteiger partial charge in [-0.3, -0.25) is 9.20 Å². The minimum Gasteiger partial charge on any atom is -0.481 e. The van der Waals surface area contributed by atoms with Gasteiger partial charge in [0.1, 0.15) is 5.65 Å². The van der Waals surface area contributed by atoms with Gasteiger partial charge in [0.05, 0.1) is 13.0 Å². The van der Waals surface area contributed by atoms with Crippen molar-refractivity contribution in [3.05, 3.63) is 23.9 Å². The molecular formula is C12H12N6O3. The molecule has 108 valence electrons. The lowest BCUT2D eigenvalue weighted by Crippen LogP contribution is -2.08. The van der Waals surface area contributed by atoms with E-state index in [9.17, 15) is 4.79 Å². The predicted octanol–water partition coefficient (Wildman–Crippen LogP) is 0.711. The van der Waals surface area contributed by atoms with Crippen molar-refractivity contribution >= 4 is 11.6 Å². The lowest BCUT2D eigenvalue weighted by molar-refractivity contribution is -0.138. The van der Waals surface area contributed by atoms with Crippen LogP contribution >= 0.6 is 0 Å². The van der Waals surface area contributed by atoms with Gasteiger partial charge in [-0.25, -0.2) is 4.98 Å². The Labute approximate surface area is 118 Å². The number of fused-ring (bicyclic) bond motifs is 1. The summed E-state index contributed by atoms with van der Waals surface area (Å²) in [6.45, 7) is 1.62. The third-order valence-corrected chi connectivity index (χ3v) is 3.22. The number of imidazole rings is 1. The average Bonchev–Trinajstić information content (AvgIpc) is 3.12. The number of methoxy groups -OCH3 is 1. The SMILES string of the molecule is COc1c(-c2nn[nH]n2)nc2ccc(C(C)C(=O)O)cn12. The zero-order valence-corrected chi connectivity index (χ0v) is 11.3. The summed E-state index contributed by atoms with van der Waals surface area (Å²) >= 11 is 0. The summed E-state index contributed by atoms with van der Waals surface area (Å²) in [6, 6.07) is 3.45. The molecule has 0 saturated heterocycles. The van der Waals surface area contributed by atoms with Crippen LogP contribution in [0.4, 0.5) is 0 Å². The fourth-order valence-electron chi connectivity index (χ4n) is 2.04. The number of pyridine rings is 1. The normalized spacial score (nSPS) is 12.5. The first kappa shape index (κ1) is 13.0. The number of carboxylic acids is 1. The number of hydrogen-bond acceptors (Lipinski definition) is 6. The maximum atomic E-state index is 11.1. The van der Waals surface area contributed by atoms with E-state index in [0.717, 1.165) is 0 Å². The van der Waals surface area contributed by atoms with Crippen LogP contribution < -0.4 is 4.74 Å². The van der Waals surface area contributed by atoms with Gasteiger partial charge in [0.2, 0.25) is 11.7 Å². The lowest BCUT2D eigenvalue weighted by atomic mass is 10.0. The molecule has 0 radical (unpaired) electrons. The lowest BCUT2D eigenvalue weighted by Gasteiger charge is -2.08. The number of nitrogens with zero attached hydrogens (tertiary/aromatic N) is 5. The van der Waals surface area contributed by atoms with Crippen molar-refractivity contribution in [3.63, 3.8) is 0 Å². The first-order valence-corrected chi connectivity index (χ1v) is 6.14. The first-order valence-electron chi connectivity index (χ1n) is 6.14. The molecule has 3 aromatic rings. The zero-order chi connectivity index (χ0) is 15.0. The molecular weight excluding hydrogens is 276 g/mol. The average molecular weight is 288 g/mol. The molecule has 1 unspecified atom stereocenters. The summed E-state index contributed by atoms with van der Waals surface area (Å²) < 4.78 is 7.02. The summed E-state index contributed by atoms with van der Waals surface area (Å²) in [5.74, 6) is -0.795. The smallest absolute Gasteiger partial charge is 0.310 e. The van der Waals surface area contributed by atoms with E-state index in [1.807, 2.05) is 0 Å². The minimum atomic E-state index is -0.896. The number of H-pyrrole nitrogens is 1. The molecule has 3 aromatic heterocycles. The highest BCUT2D eigenvalue weighted by atomic mass is 16.5. The van der Waals surface area contributed by atoms with Gasteiger partial charge in [-0.2, -0.15) is 5.21 Å².